The van der Waals surface area contributed by atoms with Gasteiger partial charge in [-0.25, -0.2) is 4.98 Å². The van der Waals surface area contributed by atoms with E-state index in [1.165, 1.54) is 0 Å². The Morgan fingerprint density at radius 2 is 2.21 bits per heavy atom. The van der Waals surface area contributed by atoms with Crippen molar-refractivity contribution in [3.05, 3.63) is 40.1 Å². The summed E-state index contributed by atoms with van der Waals surface area (Å²) in [5, 5.41) is 12.7. The highest BCUT2D eigenvalue weighted by Gasteiger charge is 2.17. The van der Waals surface area contributed by atoms with Gasteiger partial charge >= 0.3 is 0 Å². The summed E-state index contributed by atoms with van der Waals surface area (Å²) in [5.74, 6) is 0.530. The smallest absolute Gasteiger partial charge is 0.257 e. The van der Waals surface area contributed by atoms with Crippen molar-refractivity contribution in [2.24, 2.45) is 0 Å². The lowest BCUT2D eigenvalue weighted by Crippen LogP contribution is -2.14. The maximum atomic E-state index is 12.1. The van der Waals surface area contributed by atoms with Gasteiger partial charge in [0.15, 0.2) is 5.58 Å². The second-order valence-corrected chi connectivity index (χ2v) is 6.39. The fraction of sp³-hybridized carbons (Fsp3) is 0.188. The van der Waals surface area contributed by atoms with Crippen LogP contribution in [0.5, 0.6) is 0 Å². The highest BCUT2D eigenvalue weighted by atomic mass is 35.5. The molecule has 8 heteroatoms. The van der Waals surface area contributed by atoms with Crippen LogP contribution in [0, 0.1) is 25.2 Å². The lowest BCUT2D eigenvalue weighted by Gasteiger charge is -2.00. The van der Waals surface area contributed by atoms with Crippen molar-refractivity contribution in [1.82, 2.24) is 4.98 Å². The maximum Gasteiger partial charge on any atom is 0.257 e. The molecule has 0 saturated carbocycles. The van der Waals surface area contributed by atoms with Crippen LogP contribution < -0.4 is 5.32 Å². The summed E-state index contributed by atoms with van der Waals surface area (Å²) in [6.45, 7) is 3.51. The number of oxazole rings is 1. The van der Waals surface area contributed by atoms with Crippen molar-refractivity contribution < 1.29 is 13.6 Å². The van der Waals surface area contributed by atoms with Crippen molar-refractivity contribution in [2.45, 2.75) is 19.1 Å². The third-order valence-corrected chi connectivity index (χ3v) is 4.47. The minimum atomic E-state index is -0.314. The molecule has 2 aromatic heterocycles. The van der Waals surface area contributed by atoms with Crippen molar-refractivity contribution in [1.29, 1.82) is 5.26 Å². The molecule has 0 unspecified atom stereocenters. The van der Waals surface area contributed by atoms with Gasteiger partial charge in [0.1, 0.15) is 22.9 Å². The lowest BCUT2D eigenvalue weighted by atomic mass is 10.2. The number of nitrogens with zero attached hydrogens (tertiary/aromatic N) is 2. The molecule has 122 valence electrons. The summed E-state index contributed by atoms with van der Waals surface area (Å²) >= 11 is 7.05. The largest absolute Gasteiger partial charge is 0.444 e. The molecule has 3 rings (SSSR count). The highest BCUT2D eigenvalue weighted by molar-refractivity contribution is 7.99. The third kappa shape index (κ3) is 3.25. The molecule has 3 aromatic rings. The number of nitriles is 1. The third-order valence-electron chi connectivity index (χ3n) is 3.41. The van der Waals surface area contributed by atoms with Gasteiger partial charge in [0.05, 0.1) is 5.75 Å². The number of aromatic nitrogens is 1. The van der Waals surface area contributed by atoms with Gasteiger partial charge in [0, 0.05) is 10.6 Å². The summed E-state index contributed by atoms with van der Waals surface area (Å²) in [6.07, 6.45) is 0. The number of hydrogen-bond acceptors (Lipinski definition) is 6. The average molecular weight is 362 g/mol. The number of benzene rings is 1. The number of furan rings is 1. The molecule has 0 aliphatic carbocycles. The molecule has 0 atom stereocenters. The zero-order valence-electron chi connectivity index (χ0n) is 12.8. The molecule has 1 N–H and O–H groups in total. The molecule has 2 heterocycles. The number of nitrogens with one attached hydrogen (secondary N) is 1. The normalized spacial score (nSPS) is 10.8. The predicted octanol–water partition coefficient (Wildman–Crippen LogP) is 4.29. The molecule has 0 bridgehead atoms. The number of amides is 1. The molecule has 24 heavy (non-hydrogen) atoms. The Labute approximate surface area is 146 Å². The molecule has 0 aliphatic rings. The first-order chi connectivity index (χ1) is 11.5. The zero-order chi connectivity index (χ0) is 17.3. The minimum absolute atomic E-state index is 0.0736. The molecule has 0 fully saturated rings. The van der Waals surface area contributed by atoms with E-state index in [0.717, 1.165) is 17.3 Å². The fourth-order valence-corrected chi connectivity index (χ4v) is 2.89. The van der Waals surface area contributed by atoms with Gasteiger partial charge in [-0.05, 0) is 32.0 Å². The van der Waals surface area contributed by atoms with E-state index in [0.29, 0.717) is 32.7 Å². The molecule has 1 aromatic carbocycles. The monoisotopic (exact) mass is 361 g/mol. The standard InChI is InChI=1S/C16H12ClN3O3S/c1-8-9(2)22-15(11(8)6-18)20-14(21)7-24-16-19-12-5-10(17)3-4-13(12)23-16/h3-5H,7H2,1-2H3,(H,20,21). The minimum Gasteiger partial charge on any atom is -0.444 e. The Kier molecular flexibility index (Phi) is 4.51. The van der Waals surface area contributed by atoms with Gasteiger partial charge in [0.2, 0.25) is 11.8 Å². The fourth-order valence-electron chi connectivity index (χ4n) is 2.08. The molecule has 6 nitrogen and oxygen atoms in total. The molecular formula is C16H12ClN3O3S. The number of hydrogen-bond donors (Lipinski definition) is 1. The number of halogens is 1. The number of thioether (sulfide) groups is 1. The van der Waals surface area contributed by atoms with E-state index >= 15 is 0 Å². The van der Waals surface area contributed by atoms with Gasteiger partial charge in [-0.3, -0.25) is 10.1 Å². The molecular weight excluding hydrogens is 350 g/mol. The summed E-state index contributed by atoms with van der Waals surface area (Å²) in [5.41, 5.74) is 2.29. The SMILES string of the molecule is Cc1oc(NC(=O)CSc2nc3cc(Cl)ccc3o2)c(C#N)c1C. The van der Waals surface area contributed by atoms with E-state index in [9.17, 15) is 4.79 Å². The summed E-state index contributed by atoms with van der Waals surface area (Å²) in [6, 6.07) is 7.15. The van der Waals surface area contributed by atoms with Crippen LogP contribution in [0.25, 0.3) is 11.1 Å². The maximum absolute atomic E-state index is 12.1. The van der Waals surface area contributed by atoms with Crippen LogP contribution in [-0.4, -0.2) is 16.6 Å². The second kappa shape index (κ2) is 6.59. The van der Waals surface area contributed by atoms with Gasteiger partial charge in [0.25, 0.3) is 5.22 Å². The van der Waals surface area contributed by atoms with Crippen LogP contribution in [0.15, 0.2) is 32.3 Å². The quantitative estimate of drug-likeness (QED) is 0.697. The Morgan fingerprint density at radius 3 is 2.96 bits per heavy atom. The summed E-state index contributed by atoms with van der Waals surface area (Å²) in [7, 11) is 0. The number of fused-ring (bicyclic) bond motifs is 1. The molecule has 1 amide bonds. The van der Waals surface area contributed by atoms with E-state index in [4.69, 9.17) is 25.7 Å². The van der Waals surface area contributed by atoms with Gasteiger partial charge in [-0.15, -0.1) is 0 Å². The number of carbonyl (C=O) groups excluding carboxylic acids is 1. The van der Waals surface area contributed by atoms with Crippen LogP contribution in [0.3, 0.4) is 0 Å². The topological polar surface area (TPSA) is 92.1 Å². The summed E-state index contributed by atoms with van der Waals surface area (Å²) in [4.78, 5) is 16.3. The lowest BCUT2D eigenvalue weighted by molar-refractivity contribution is -0.113. The first-order valence-corrected chi connectivity index (χ1v) is 8.33. The zero-order valence-corrected chi connectivity index (χ0v) is 14.4. The van der Waals surface area contributed by atoms with Gasteiger partial charge < -0.3 is 8.83 Å². The van der Waals surface area contributed by atoms with Gasteiger partial charge in [-0.1, -0.05) is 23.4 Å². The Balaban J connectivity index is 1.67. The highest BCUT2D eigenvalue weighted by Crippen LogP contribution is 2.27. The van der Waals surface area contributed by atoms with E-state index < -0.39 is 0 Å². The van der Waals surface area contributed by atoms with Crippen molar-refractivity contribution in [3.63, 3.8) is 0 Å². The van der Waals surface area contributed by atoms with E-state index in [2.05, 4.69) is 10.3 Å². The Hall–Kier alpha value is -2.43. The summed E-state index contributed by atoms with van der Waals surface area (Å²) < 4.78 is 10.9. The van der Waals surface area contributed by atoms with Crippen molar-refractivity contribution in [2.75, 3.05) is 11.1 Å². The number of aryl methyl sites for hydroxylation is 1. The van der Waals surface area contributed by atoms with E-state index in [1.54, 1.807) is 32.0 Å². The van der Waals surface area contributed by atoms with Crippen LogP contribution in [0.1, 0.15) is 16.9 Å². The average Bonchev–Trinajstić information content (AvgIpc) is 3.06. The Morgan fingerprint density at radius 1 is 1.42 bits per heavy atom. The molecule has 0 aliphatic heterocycles. The van der Waals surface area contributed by atoms with Crippen molar-refractivity contribution in [3.8, 4) is 6.07 Å². The van der Waals surface area contributed by atoms with Crippen molar-refractivity contribution >= 4 is 46.3 Å². The first kappa shape index (κ1) is 16.4. The van der Waals surface area contributed by atoms with Crippen LogP contribution in [-0.2, 0) is 4.79 Å². The van der Waals surface area contributed by atoms with Crippen LogP contribution >= 0.6 is 23.4 Å². The number of carbonyl (C=O) groups is 1. The van der Waals surface area contributed by atoms with Crippen LogP contribution in [0.4, 0.5) is 5.88 Å². The molecule has 0 radical (unpaired) electrons. The molecule has 0 saturated heterocycles. The predicted molar refractivity (Wildman–Crippen MR) is 91.3 cm³/mol. The first-order valence-electron chi connectivity index (χ1n) is 6.96. The van der Waals surface area contributed by atoms with Gasteiger partial charge in [-0.2, -0.15) is 5.26 Å². The Bertz CT molecular complexity index is 971. The second-order valence-electron chi connectivity index (χ2n) is 5.03. The molecule has 0 spiro atoms. The van der Waals surface area contributed by atoms with E-state index in [1.807, 2.05) is 6.07 Å². The number of anilines is 1. The van der Waals surface area contributed by atoms with E-state index in [-0.39, 0.29) is 17.5 Å². The van der Waals surface area contributed by atoms with Crippen LogP contribution in [0.2, 0.25) is 5.02 Å². The number of rotatable bonds is 4.